The maximum Gasteiger partial charge on any atom is 0.416 e. The number of hydrogen-bond acceptors (Lipinski definition) is 6. The van der Waals surface area contributed by atoms with Crippen molar-refractivity contribution in [1.82, 2.24) is 4.98 Å². The molecule has 0 bridgehead atoms. The summed E-state index contributed by atoms with van der Waals surface area (Å²) in [5.41, 5.74) is 1.02. The third-order valence-corrected chi connectivity index (χ3v) is 7.72. The maximum atomic E-state index is 12.8. The monoisotopic (exact) mass is 607 g/mol. The molecule has 2 aromatic heterocycles. The number of carboxylic acids is 1. The lowest BCUT2D eigenvalue weighted by atomic mass is 9.96. The molecule has 4 aromatic rings. The van der Waals surface area contributed by atoms with E-state index in [0.717, 1.165) is 41.1 Å². The molecule has 0 amide bonds. The summed E-state index contributed by atoms with van der Waals surface area (Å²) >= 11 is 1.69. The van der Waals surface area contributed by atoms with Gasteiger partial charge in [-0.25, -0.2) is 9.78 Å². The highest BCUT2D eigenvalue weighted by molar-refractivity contribution is 7.11. The van der Waals surface area contributed by atoms with Gasteiger partial charge in [-0.05, 0) is 72.3 Å². The average Bonchev–Trinajstić information content (AvgIpc) is 3.62. The van der Waals surface area contributed by atoms with Crippen molar-refractivity contribution < 1.29 is 37.0 Å². The fourth-order valence-electron chi connectivity index (χ4n) is 4.46. The van der Waals surface area contributed by atoms with Gasteiger partial charge < -0.3 is 19.0 Å². The molecule has 0 spiro atoms. The minimum atomic E-state index is -4.49. The zero-order chi connectivity index (χ0) is 30.5. The summed E-state index contributed by atoms with van der Waals surface area (Å²) in [7, 11) is 0. The SMILES string of the molecule is CC(Cc1ccc(OCCc2coc(C3=CC=C(c4cccs4)C=CC3)n2)cc1)(Oc1ccc(C(F)(F)F)cc1)C(=O)O. The summed E-state index contributed by atoms with van der Waals surface area (Å²) in [5.74, 6) is -0.0433. The summed E-state index contributed by atoms with van der Waals surface area (Å²) in [6.07, 6.45) is 6.67. The number of carbonyl (C=O) groups is 1. The highest BCUT2D eigenvalue weighted by Gasteiger charge is 2.36. The Balaban J connectivity index is 1.14. The second kappa shape index (κ2) is 12.7. The third-order valence-electron chi connectivity index (χ3n) is 6.80. The van der Waals surface area contributed by atoms with Gasteiger partial charge in [0.25, 0.3) is 0 Å². The molecule has 1 aliphatic rings. The van der Waals surface area contributed by atoms with Gasteiger partial charge in [-0.2, -0.15) is 13.2 Å². The number of rotatable bonds is 11. The predicted molar refractivity (Wildman–Crippen MR) is 158 cm³/mol. The number of halogens is 3. The van der Waals surface area contributed by atoms with E-state index < -0.39 is 23.3 Å². The largest absolute Gasteiger partial charge is 0.493 e. The van der Waals surface area contributed by atoms with Crippen molar-refractivity contribution in [3.8, 4) is 11.5 Å². The fourth-order valence-corrected chi connectivity index (χ4v) is 5.19. The fraction of sp³-hybridized carbons (Fsp3) is 0.212. The number of allylic oxidation sites excluding steroid dienone is 6. The second-order valence-electron chi connectivity index (χ2n) is 10.1. The first-order valence-corrected chi connectivity index (χ1v) is 14.3. The molecule has 5 rings (SSSR count). The van der Waals surface area contributed by atoms with Crippen LogP contribution in [0.1, 0.15) is 40.9 Å². The van der Waals surface area contributed by atoms with Crippen LogP contribution in [0.15, 0.2) is 101 Å². The lowest BCUT2D eigenvalue weighted by Crippen LogP contribution is -2.43. The first kappa shape index (κ1) is 29.9. The number of aliphatic carboxylic acids is 1. The molecule has 6 nitrogen and oxygen atoms in total. The molecule has 0 aliphatic heterocycles. The number of hydrogen-bond donors (Lipinski definition) is 1. The van der Waals surface area contributed by atoms with Crippen LogP contribution >= 0.6 is 11.3 Å². The molecule has 0 fully saturated rings. The second-order valence-corrected chi connectivity index (χ2v) is 11.1. The summed E-state index contributed by atoms with van der Waals surface area (Å²) in [5, 5.41) is 11.9. The first-order chi connectivity index (χ1) is 20.6. The number of carboxylic acid groups (broad SMARTS) is 1. The number of oxazole rings is 1. The van der Waals surface area contributed by atoms with Crippen molar-refractivity contribution in [1.29, 1.82) is 0 Å². The first-order valence-electron chi connectivity index (χ1n) is 13.5. The predicted octanol–water partition coefficient (Wildman–Crippen LogP) is 8.27. The van der Waals surface area contributed by atoms with Crippen LogP contribution in [0.3, 0.4) is 0 Å². The Morgan fingerprint density at radius 1 is 1.05 bits per heavy atom. The van der Waals surface area contributed by atoms with Gasteiger partial charge in [-0.15, -0.1) is 11.3 Å². The molecular weight excluding hydrogens is 579 g/mol. The number of benzene rings is 2. The van der Waals surface area contributed by atoms with Crippen LogP contribution in [0.5, 0.6) is 11.5 Å². The van der Waals surface area contributed by atoms with Crippen LogP contribution in [-0.2, 0) is 23.8 Å². The Hall–Kier alpha value is -4.57. The van der Waals surface area contributed by atoms with Crippen molar-refractivity contribution in [2.24, 2.45) is 0 Å². The van der Waals surface area contributed by atoms with E-state index in [1.165, 1.54) is 11.8 Å². The third kappa shape index (κ3) is 7.64. The van der Waals surface area contributed by atoms with E-state index in [-0.39, 0.29) is 12.2 Å². The summed E-state index contributed by atoms with van der Waals surface area (Å²) < 4.78 is 55.7. The number of ether oxygens (including phenoxy) is 2. The quantitative estimate of drug-likeness (QED) is 0.185. The number of aromatic nitrogens is 1. The molecule has 1 aliphatic carbocycles. The molecule has 0 radical (unpaired) electrons. The smallest absolute Gasteiger partial charge is 0.416 e. The van der Waals surface area contributed by atoms with E-state index >= 15 is 0 Å². The van der Waals surface area contributed by atoms with Crippen molar-refractivity contribution >= 4 is 28.5 Å². The molecule has 10 heteroatoms. The molecule has 2 heterocycles. The summed E-state index contributed by atoms with van der Waals surface area (Å²) in [6.45, 7) is 1.74. The van der Waals surface area contributed by atoms with Crippen LogP contribution in [0, 0.1) is 0 Å². The molecule has 0 saturated heterocycles. The number of thiophene rings is 1. The number of alkyl halides is 3. The Morgan fingerprint density at radius 2 is 1.79 bits per heavy atom. The van der Waals surface area contributed by atoms with Crippen LogP contribution in [0.4, 0.5) is 13.2 Å². The highest BCUT2D eigenvalue weighted by atomic mass is 32.1. The van der Waals surface area contributed by atoms with E-state index in [0.29, 0.717) is 36.7 Å². The van der Waals surface area contributed by atoms with Gasteiger partial charge in [0.15, 0.2) is 0 Å². The highest BCUT2D eigenvalue weighted by Crippen LogP contribution is 2.32. The molecule has 1 unspecified atom stereocenters. The topological polar surface area (TPSA) is 81.8 Å². The van der Waals surface area contributed by atoms with Crippen molar-refractivity contribution in [3.05, 3.63) is 124 Å². The Morgan fingerprint density at radius 3 is 2.47 bits per heavy atom. The van der Waals surface area contributed by atoms with E-state index in [2.05, 4.69) is 34.7 Å². The molecule has 1 N–H and O–H groups in total. The van der Waals surface area contributed by atoms with E-state index in [9.17, 15) is 23.1 Å². The van der Waals surface area contributed by atoms with Crippen LogP contribution in [0.2, 0.25) is 0 Å². The lowest BCUT2D eigenvalue weighted by molar-refractivity contribution is -0.153. The summed E-state index contributed by atoms with van der Waals surface area (Å²) in [6, 6.07) is 15.0. The molecular formula is C33H28F3NO5S. The van der Waals surface area contributed by atoms with Crippen LogP contribution < -0.4 is 9.47 Å². The van der Waals surface area contributed by atoms with Crippen molar-refractivity contribution in [2.75, 3.05) is 6.61 Å². The Bertz CT molecular complexity index is 1630. The number of nitrogens with zero attached hydrogens (tertiary/aromatic N) is 1. The molecule has 222 valence electrons. The minimum absolute atomic E-state index is 0.0135. The Labute approximate surface area is 250 Å². The van der Waals surface area contributed by atoms with Gasteiger partial charge in [0.2, 0.25) is 11.5 Å². The molecule has 1 atom stereocenters. The van der Waals surface area contributed by atoms with Crippen LogP contribution in [0.25, 0.3) is 11.1 Å². The van der Waals surface area contributed by atoms with E-state index in [4.69, 9.17) is 13.9 Å². The molecule has 0 saturated carbocycles. The zero-order valence-corrected chi connectivity index (χ0v) is 24.0. The molecule has 2 aromatic carbocycles. The molecule has 43 heavy (non-hydrogen) atoms. The minimum Gasteiger partial charge on any atom is -0.493 e. The van der Waals surface area contributed by atoms with E-state index in [1.54, 1.807) is 41.9 Å². The van der Waals surface area contributed by atoms with Gasteiger partial charge in [0.05, 0.1) is 17.9 Å². The van der Waals surface area contributed by atoms with Gasteiger partial charge in [0.1, 0.15) is 17.8 Å². The average molecular weight is 608 g/mol. The van der Waals surface area contributed by atoms with E-state index in [1.807, 2.05) is 12.1 Å². The summed E-state index contributed by atoms with van der Waals surface area (Å²) in [4.78, 5) is 17.8. The Kier molecular flexibility index (Phi) is 8.86. The van der Waals surface area contributed by atoms with Crippen molar-refractivity contribution in [3.63, 3.8) is 0 Å². The van der Waals surface area contributed by atoms with Gasteiger partial charge in [-0.1, -0.05) is 42.5 Å². The zero-order valence-electron chi connectivity index (χ0n) is 23.1. The van der Waals surface area contributed by atoms with Gasteiger partial charge in [0, 0.05) is 23.3 Å². The standard InChI is InChI=1S/C33H28F3NO5S/c1-32(31(38)39,42-28-15-11-25(12-16-28)33(34,35)36)20-22-7-13-27(14-8-22)40-18-17-26-21-41-30(37-26)24-5-2-4-23(9-10-24)29-6-3-19-43-29/h2-4,6-16,19,21H,5,17-18,20H2,1H3,(H,38,39). The van der Waals surface area contributed by atoms with Gasteiger partial charge >= 0.3 is 12.1 Å². The maximum absolute atomic E-state index is 12.8. The van der Waals surface area contributed by atoms with Crippen LogP contribution in [-0.4, -0.2) is 28.3 Å². The lowest BCUT2D eigenvalue weighted by Gasteiger charge is -2.26. The van der Waals surface area contributed by atoms with Crippen molar-refractivity contribution in [2.45, 2.75) is 38.0 Å². The normalized spacial score (nSPS) is 14.8. The van der Waals surface area contributed by atoms with Gasteiger partial charge in [-0.3, -0.25) is 0 Å².